The molecule has 34 heavy (non-hydrogen) atoms. The molecular weight excluding hydrogens is 454 g/mol. The number of benzene rings is 1. The SMILES string of the molecule is CC1(C)O[C@H]2[C@H](O1)[C@@H](C#Cc1ccccc1Cl)O[C@H]2n1cnc2c(NC3CCCC3)ncnc21. The van der Waals surface area contributed by atoms with E-state index in [0.717, 1.165) is 29.7 Å². The molecule has 0 spiro atoms. The predicted octanol–water partition coefficient (Wildman–Crippen LogP) is 4.30. The molecule has 1 N–H and O–H groups in total. The molecule has 4 atom stereocenters. The van der Waals surface area contributed by atoms with E-state index in [1.165, 1.54) is 12.8 Å². The van der Waals surface area contributed by atoms with E-state index >= 15 is 0 Å². The van der Waals surface area contributed by atoms with Gasteiger partial charge in [0.15, 0.2) is 29.0 Å². The number of halogens is 1. The van der Waals surface area contributed by atoms with Crippen molar-refractivity contribution in [3.63, 3.8) is 0 Å². The lowest BCUT2D eigenvalue weighted by Gasteiger charge is -2.23. The first kappa shape index (κ1) is 21.8. The maximum absolute atomic E-state index is 6.38. The lowest BCUT2D eigenvalue weighted by molar-refractivity contribution is -0.190. The van der Waals surface area contributed by atoms with E-state index in [4.69, 9.17) is 25.8 Å². The highest BCUT2D eigenvalue weighted by molar-refractivity contribution is 6.31. The first-order valence-corrected chi connectivity index (χ1v) is 12.1. The molecule has 6 rings (SSSR count). The van der Waals surface area contributed by atoms with Crippen molar-refractivity contribution in [3.05, 3.63) is 47.5 Å². The number of hydrogen-bond donors (Lipinski definition) is 1. The molecule has 0 bridgehead atoms. The van der Waals surface area contributed by atoms with Crippen molar-refractivity contribution in [3.8, 4) is 11.8 Å². The summed E-state index contributed by atoms with van der Waals surface area (Å²) in [5.74, 6) is 6.36. The Labute approximate surface area is 203 Å². The molecule has 3 fully saturated rings. The fourth-order valence-electron chi connectivity index (χ4n) is 5.04. The van der Waals surface area contributed by atoms with Gasteiger partial charge in [-0.1, -0.05) is 48.4 Å². The molecular formula is C25H26ClN5O3. The summed E-state index contributed by atoms with van der Waals surface area (Å²) >= 11 is 6.29. The zero-order chi connectivity index (χ0) is 23.3. The summed E-state index contributed by atoms with van der Waals surface area (Å²) in [7, 11) is 0. The number of hydrogen-bond acceptors (Lipinski definition) is 7. The number of nitrogens with one attached hydrogen (secondary N) is 1. The van der Waals surface area contributed by atoms with Gasteiger partial charge in [-0.25, -0.2) is 15.0 Å². The summed E-state index contributed by atoms with van der Waals surface area (Å²) in [4.78, 5) is 13.6. The standard InChI is InChI=1S/C25H26ClN5O3/c1-25(2)33-20-18(12-11-15-7-3-6-10-17(15)26)32-24(21(20)34-25)31-14-29-19-22(27-13-28-23(19)31)30-16-8-4-5-9-16/h3,6-7,10,13-14,16,18,20-21,24H,4-5,8-9H2,1-2H3,(H,27,28,30)/t18-,20-,21+,24-/m1/s1. The number of nitrogens with zero attached hydrogens (tertiary/aromatic N) is 4. The molecule has 2 aliphatic heterocycles. The molecule has 1 aliphatic carbocycles. The van der Waals surface area contributed by atoms with E-state index in [2.05, 4.69) is 32.1 Å². The van der Waals surface area contributed by atoms with Gasteiger partial charge >= 0.3 is 0 Å². The maximum Gasteiger partial charge on any atom is 0.167 e. The highest BCUT2D eigenvalue weighted by Gasteiger charge is 2.56. The van der Waals surface area contributed by atoms with Crippen LogP contribution in [0, 0.1) is 11.8 Å². The largest absolute Gasteiger partial charge is 0.365 e. The van der Waals surface area contributed by atoms with Crippen LogP contribution in [-0.2, 0) is 14.2 Å². The van der Waals surface area contributed by atoms with Crippen molar-refractivity contribution in [2.45, 2.75) is 75.9 Å². The lowest BCUT2D eigenvalue weighted by atomic mass is 10.1. The topological polar surface area (TPSA) is 83.3 Å². The van der Waals surface area contributed by atoms with Crippen LogP contribution in [-0.4, -0.2) is 49.7 Å². The first-order chi connectivity index (χ1) is 16.5. The number of imidazole rings is 1. The number of aromatic nitrogens is 4. The van der Waals surface area contributed by atoms with Crippen molar-refractivity contribution in [2.75, 3.05) is 5.32 Å². The Morgan fingerprint density at radius 3 is 2.71 bits per heavy atom. The fraction of sp³-hybridized carbons (Fsp3) is 0.480. The third-order valence-corrected chi connectivity index (χ3v) is 6.91. The van der Waals surface area contributed by atoms with Crippen LogP contribution in [0.4, 0.5) is 5.82 Å². The quantitative estimate of drug-likeness (QED) is 0.560. The minimum atomic E-state index is -0.748. The van der Waals surface area contributed by atoms with Crippen LogP contribution in [0.15, 0.2) is 36.9 Å². The summed E-state index contributed by atoms with van der Waals surface area (Å²) in [5, 5.41) is 4.14. The van der Waals surface area contributed by atoms with Gasteiger partial charge in [0, 0.05) is 11.6 Å². The Morgan fingerprint density at radius 2 is 1.88 bits per heavy atom. The van der Waals surface area contributed by atoms with Crippen LogP contribution in [0.1, 0.15) is 51.3 Å². The van der Waals surface area contributed by atoms with E-state index in [0.29, 0.717) is 16.7 Å². The predicted molar refractivity (Wildman–Crippen MR) is 127 cm³/mol. The smallest absolute Gasteiger partial charge is 0.167 e. The van der Waals surface area contributed by atoms with E-state index in [1.54, 1.807) is 12.7 Å². The van der Waals surface area contributed by atoms with E-state index in [-0.39, 0.29) is 12.2 Å². The van der Waals surface area contributed by atoms with Crippen LogP contribution >= 0.6 is 11.6 Å². The van der Waals surface area contributed by atoms with Crippen molar-refractivity contribution in [1.82, 2.24) is 19.5 Å². The minimum Gasteiger partial charge on any atom is -0.365 e. The second-order valence-corrected chi connectivity index (χ2v) is 9.84. The van der Waals surface area contributed by atoms with Crippen LogP contribution in [0.25, 0.3) is 11.2 Å². The highest BCUT2D eigenvalue weighted by Crippen LogP contribution is 2.43. The average molecular weight is 480 g/mol. The molecule has 0 amide bonds. The van der Waals surface area contributed by atoms with Gasteiger partial charge in [0.2, 0.25) is 0 Å². The summed E-state index contributed by atoms with van der Waals surface area (Å²) in [5.41, 5.74) is 2.15. The third-order valence-electron chi connectivity index (χ3n) is 6.58. The number of rotatable bonds is 3. The van der Waals surface area contributed by atoms with Gasteiger partial charge in [-0.15, -0.1) is 0 Å². The van der Waals surface area contributed by atoms with Gasteiger partial charge < -0.3 is 19.5 Å². The Hall–Kier alpha value is -2.70. The van der Waals surface area contributed by atoms with Crippen LogP contribution in [0.3, 0.4) is 0 Å². The lowest BCUT2D eigenvalue weighted by Crippen LogP contribution is -2.28. The van der Waals surface area contributed by atoms with E-state index < -0.39 is 18.1 Å². The van der Waals surface area contributed by atoms with Gasteiger partial charge in [0.1, 0.15) is 24.6 Å². The van der Waals surface area contributed by atoms with Crippen molar-refractivity contribution in [1.29, 1.82) is 0 Å². The summed E-state index contributed by atoms with van der Waals surface area (Å²) < 4.78 is 20.7. The minimum absolute atomic E-state index is 0.356. The number of ether oxygens (including phenoxy) is 3. The van der Waals surface area contributed by atoms with E-state index in [1.807, 2.05) is 42.7 Å². The molecule has 3 aromatic rings. The Kier molecular flexibility index (Phi) is 5.46. The van der Waals surface area contributed by atoms with Crippen molar-refractivity contribution in [2.24, 2.45) is 0 Å². The summed E-state index contributed by atoms with van der Waals surface area (Å²) in [6, 6.07) is 7.91. The Bertz CT molecular complexity index is 1280. The zero-order valence-corrected chi connectivity index (χ0v) is 19.8. The molecule has 0 radical (unpaired) electrons. The molecule has 3 aliphatic rings. The average Bonchev–Trinajstić information content (AvgIpc) is 3.58. The van der Waals surface area contributed by atoms with E-state index in [9.17, 15) is 0 Å². The molecule has 4 heterocycles. The molecule has 2 aromatic heterocycles. The molecule has 8 nitrogen and oxygen atoms in total. The summed E-state index contributed by atoms with van der Waals surface area (Å²) in [6.07, 6.45) is 6.37. The normalized spacial score (nSPS) is 28.1. The van der Waals surface area contributed by atoms with Gasteiger partial charge in [-0.3, -0.25) is 4.57 Å². The van der Waals surface area contributed by atoms with Gasteiger partial charge in [-0.2, -0.15) is 0 Å². The van der Waals surface area contributed by atoms with Crippen LogP contribution in [0.5, 0.6) is 0 Å². The van der Waals surface area contributed by atoms with Gasteiger partial charge in [0.05, 0.1) is 11.3 Å². The molecule has 176 valence electrons. The highest BCUT2D eigenvalue weighted by atomic mass is 35.5. The molecule has 1 saturated carbocycles. The maximum atomic E-state index is 6.38. The second-order valence-electron chi connectivity index (χ2n) is 9.43. The van der Waals surface area contributed by atoms with Crippen LogP contribution in [0.2, 0.25) is 5.02 Å². The molecule has 1 aromatic carbocycles. The fourth-order valence-corrected chi connectivity index (χ4v) is 5.22. The Balaban J connectivity index is 1.33. The third kappa shape index (κ3) is 3.93. The van der Waals surface area contributed by atoms with Crippen LogP contribution < -0.4 is 5.32 Å². The number of fused-ring (bicyclic) bond motifs is 2. The molecule has 0 unspecified atom stereocenters. The summed E-state index contributed by atoms with van der Waals surface area (Å²) in [6.45, 7) is 3.80. The van der Waals surface area contributed by atoms with Crippen molar-refractivity contribution < 1.29 is 14.2 Å². The monoisotopic (exact) mass is 479 g/mol. The van der Waals surface area contributed by atoms with Gasteiger partial charge in [-0.05, 0) is 38.8 Å². The first-order valence-electron chi connectivity index (χ1n) is 11.7. The molecule has 9 heteroatoms. The Morgan fingerprint density at radius 1 is 1.09 bits per heavy atom. The zero-order valence-electron chi connectivity index (χ0n) is 19.1. The van der Waals surface area contributed by atoms with Crippen molar-refractivity contribution >= 4 is 28.6 Å². The second kappa shape index (κ2) is 8.51. The van der Waals surface area contributed by atoms with Gasteiger partial charge in [0.25, 0.3) is 0 Å². The molecule has 2 saturated heterocycles. The number of anilines is 1.